The molecule has 0 amide bonds. The van der Waals surface area contributed by atoms with Crippen LogP contribution in [0.5, 0.6) is 0 Å². The maximum absolute atomic E-state index is 9.72. The van der Waals surface area contributed by atoms with E-state index in [1.165, 1.54) is 11.6 Å². The van der Waals surface area contributed by atoms with E-state index in [0.717, 1.165) is 12.8 Å². The fraction of sp³-hybridized carbons (Fsp3) is 0.300. The smallest absolute Gasteiger partial charge is 0.211 e. The van der Waals surface area contributed by atoms with Crippen molar-refractivity contribution in [3.63, 3.8) is 0 Å². The fourth-order valence-corrected chi connectivity index (χ4v) is 0.980. The van der Waals surface area contributed by atoms with Crippen molar-refractivity contribution in [1.29, 1.82) is 0 Å². The number of aryl methyl sites for hydroxylation is 1. The second kappa shape index (κ2) is 5.28. The van der Waals surface area contributed by atoms with Crippen LogP contribution in [0.4, 0.5) is 0 Å². The Hall–Kier alpha value is -1.40. The summed E-state index contributed by atoms with van der Waals surface area (Å²) in [5.74, 6) is 0. The van der Waals surface area contributed by atoms with Crippen LogP contribution in [-0.4, -0.2) is 12.6 Å². The van der Waals surface area contributed by atoms with Crippen LogP contribution >= 0.6 is 0 Å². The van der Waals surface area contributed by atoms with Gasteiger partial charge in [-0.1, -0.05) is 24.3 Å². The predicted octanol–water partition coefficient (Wildman–Crippen LogP) is 1.76. The average Bonchev–Trinajstić information content (AvgIpc) is 2.14. The minimum atomic E-state index is 0.562. The first kappa shape index (κ1) is 8.69. The van der Waals surface area contributed by atoms with E-state index in [2.05, 4.69) is 11.1 Å². The zero-order chi connectivity index (χ0) is 8.65. The Labute approximate surface area is 71.9 Å². The number of rotatable bonds is 4. The Morgan fingerprint density at radius 1 is 1.50 bits per heavy atom. The van der Waals surface area contributed by atoms with Gasteiger partial charge >= 0.3 is 0 Å². The van der Waals surface area contributed by atoms with E-state index in [1.807, 2.05) is 24.3 Å². The number of nitrogens with zero attached hydrogens (tertiary/aromatic N) is 1. The van der Waals surface area contributed by atoms with Gasteiger partial charge in [0.1, 0.15) is 0 Å². The van der Waals surface area contributed by atoms with E-state index in [1.54, 1.807) is 0 Å². The third-order valence-electron chi connectivity index (χ3n) is 1.55. The highest BCUT2D eigenvalue weighted by molar-refractivity contribution is 5.32. The van der Waals surface area contributed by atoms with Gasteiger partial charge in [-0.3, -0.25) is 0 Å². The number of isocyanates is 1. The van der Waals surface area contributed by atoms with Crippen LogP contribution in [0, 0.1) is 6.07 Å². The van der Waals surface area contributed by atoms with Gasteiger partial charge in [-0.05, 0) is 24.5 Å². The van der Waals surface area contributed by atoms with Gasteiger partial charge in [-0.2, -0.15) is 0 Å². The van der Waals surface area contributed by atoms with E-state index < -0.39 is 0 Å². The quantitative estimate of drug-likeness (QED) is 0.375. The summed E-state index contributed by atoms with van der Waals surface area (Å²) in [5.41, 5.74) is 1.17. The van der Waals surface area contributed by atoms with E-state index in [4.69, 9.17) is 0 Å². The first-order valence-electron chi connectivity index (χ1n) is 3.92. The maximum Gasteiger partial charge on any atom is 0.234 e. The van der Waals surface area contributed by atoms with E-state index in [9.17, 15) is 4.79 Å². The molecule has 1 aromatic carbocycles. The Morgan fingerprint density at radius 3 is 3.08 bits per heavy atom. The van der Waals surface area contributed by atoms with Crippen molar-refractivity contribution in [2.24, 2.45) is 4.99 Å². The lowest BCUT2D eigenvalue weighted by molar-refractivity contribution is 0.562. The molecule has 0 aromatic heterocycles. The topological polar surface area (TPSA) is 29.4 Å². The Kier molecular flexibility index (Phi) is 3.82. The van der Waals surface area contributed by atoms with Crippen LogP contribution < -0.4 is 0 Å². The Balaban J connectivity index is 2.29. The minimum absolute atomic E-state index is 0.562. The SMILES string of the molecule is O=C=NCCCc1[c]cccc1. The van der Waals surface area contributed by atoms with Crippen LogP contribution in [-0.2, 0) is 11.2 Å². The molecular formula is C10H10NO. The van der Waals surface area contributed by atoms with Crippen molar-refractivity contribution < 1.29 is 4.79 Å². The second-order valence-electron chi connectivity index (χ2n) is 2.46. The third kappa shape index (κ3) is 3.13. The molecule has 2 heteroatoms. The summed E-state index contributed by atoms with van der Waals surface area (Å²) >= 11 is 0. The van der Waals surface area contributed by atoms with Crippen LogP contribution in [0.25, 0.3) is 0 Å². The van der Waals surface area contributed by atoms with Crippen LogP contribution in [0.3, 0.4) is 0 Å². The van der Waals surface area contributed by atoms with Gasteiger partial charge in [0.2, 0.25) is 6.08 Å². The lowest BCUT2D eigenvalue weighted by Gasteiger charge is -1.95. The van der Waals surface area contributed by atoms with Crippen LogP contribution in [0.1, 0.15) is 12.0 Å². The number of aliphatic imine (C=N–C) groups is 1. The van der Waals surface area contributed by atoms with Crippen molar-refractivity contribution >= 4 is 6.08 Å². The van der Waals surface area contributed by atoms with Crippen molar-refractivity contribution in [1.82, 2.24) is 0 Å². The summed E-state index contributed by atoms with van der Waals surface area (Å²) in [6, 6.07) is 10.9. The molecule has 0 aliphatic rings. The van der Waals surface area contributed by atoms with Gasteiger partial charge in [0.25, 0.3) is 0 Å². The predicted molar refractivity (Wildman–Crippen MR) is 46.6 cm³/mol. The summed E-state index contributed by atoms with van der Waals surface area (Å²) in [5, 5.41) is 0. The molecule has 0 bridgehead atoms. The second-order valence-corrected chi connectivity index (χ2v) is 2.46. The number of hydrogen-bond acceptors (Lipinski definition) is 2. The lowest BCUT2D eigenvalue weighted by Crippen LogP contribution is -1.87. The Bertz CT molecular complexity index is 262. The van der Waals surface area contributed by atoms with Crippen molar-refractivity contribution in [3.8, 4) is 0 Å². The third-order valence-corrected chi connectivity index (χ3v) is 1.55. The summed E-state index contributed by atoms with van der Waals surface area (Å²) in [6.07, 6.45) is 3.33. The normalized spacial score (nSPS) is 9.00. The van der Waals surface area contributed by atoms with Crippen molar-refractivity contribution in [2.75, 3.05) is 6.54 Å². The molecule has 0 spiro atoms. The molecule has 0 aliphatic heterocycles. The molecule has 0 heterocycles. The highest BCUT2D eigenvalue weighted by Crippen LogP contribution is 2.00. The van der Waals surface area contributed by atoms with Gasteiger partial charge in [-0.25, -0.2) is 9.79 Å². The molecule has 1 rings (SSSR count). The summed E-state index contributed by atoms with van der Waals surface area (Å²) < 4.78 is 0. The zero-order valence-corrected chi connectivity index (χ0v) is 6.79. The molecule has 61 valence electrons. The van der Waals surface area contributed by atoms with E-state index >= 15 is 0 Å². The Morgan fingerprint density at radius 2 is 2.42 bits per heavy atom. The lowest BCUT2D eigenvalue weighted by atomic mass is 10.1. The molecule has 2 nitrogen and oxygen atoms in total. The fourth-order valence-electron chi connectivity index (χ4n) is 0.980. The molecule has 0 atom stereocenters. The van der Waals surface area contributed by atoms with Crippen molar-refractivity contribution in [2.45, 2.75) is 12.8 Å². The molecule has 0 aliphatic carbocycles. The largest absolute Gasteiger partial charge is 0.234 e. The highest BCUT2D eigenvalue weighted by atomic mass is 16.1. The van der Waals surface area contributed by atoms with Crippen LogP contribution in [0.2, 0.25) is 0 Å². The van der Waals surface area contributed by atoms with E-state index in [0.29, 0.717) is 6.54 Å². The summed E-state index contributed by atoms with van der Waals surface area (Å²) in [4.78, 5) is 13.2. The molecule has 0 fully saturated rings. The van der Waals surface area contributed by atoms with Crippen LogP contribution in [0.15, 0.2) is 29.3 Å². The van der Waals surface area contributed by atoms with Crippen molar-refractivity contribution in [3.05, 3.63) is 35.9 Å². The minimum Gasteiger partial charge on any atom is -0.211 e. The molecular weight excluding hydrogens is 150 g/mol. The monoisotopic (exact) mass is 160 g/mol. The average molecular weight is 160 g/mol. The van der Waals surface area contributed by atoms with Gasteiger partial charge in [0.05, 0.1) is 6.54 Å². The summed E-state index contributed by atoms with van der Waals surface area (Å²) in [7, 11) is 0. The van der Waals surface area contributed by atoms with Gasteiger partial charge in [0, 0.05) is 0 Å². The maximum atomic E-state index is 9.72. The molecule has 0 unspecified atom stereocenters. The zero-order valence-electron chi connectivity index (χ0n) is 6.79. The first-order valence-corrected chi connectivity index (χ1v) is 3.92. The number of hydrogen-bond donors (Lipinski definition) is 0. The molecule has 0 N–H and O–H groups in total. The molecule has 1 radical (unpaired) electrons. The van der Waals surface area contributed by atoms with Gasteiger partial charge in [-0.15, -0.1) is 0 Å². The number of benzene rings is 1. The standard InChI is InChI=1S/C10H10NO/c12-9-11-8-4-7-10-5-2-1-3-6-10/h1-3,5H,4,7-8H2. The molecule has 0 saturated heterocycles. The van der Waals surface area contributed by atoms with Gasteiger partial charge in [0.15, 0.2) is 0 Å². The molecule has 0 saturated carbocycles. The molecule has 1 aromatic rings. The number of carbonyl (C=O) groups excluding carboxylic acids is 1. The molecule has 12 heavy (non-hydrogen) atoms. The first-order chi connectivity index (χ1) is 5.93. The van der Waals surface area contributed by atoms with E-state index in [-0.39, 0.29) is 0 Å². The van der Waals surface area contributed by atoms with Gasteiger partial charge < -0.3 is 0 Å². The summed E-state index contributed by atoms with van der Waals surface area (Å²) in [6.45, 7) is 0.562. The highest BCUT2D eigenvalue weighted by Gasteiger charge is 1.90.